The zero-order valence-electron chi connectivity index (χ0n) is 14.4. The first-order valence-electron chi connectivity index (χ1n) is 8.01. The summed E-state index contributed by atoms with van der Waals surface area (Å²) in [5, 5.41) is 2.98. The number of likely N-dealkylation sites (N-methyl/N-ethyl adjacent to an activating group) is 2. The van der Waals surface area contributed by atoms with Gasteiger partial charge in [-0.3, -0.25) is 4.79 Å². The second-order valence-electron chi connectivity index (χ2n) is 6.02. The van der Waals surface area contributed by atoms with Crippen molar-refractivity contribution in [2.24, 2.45) is 5.92 Å². The van der Waals surface area contributed by atoms with E-state index in [1.165, 1.54) is 16.4 Å². The highest BCUT2D eigenvalue weighted by Crippen LogP contribution is 2.25. The maximum Gasteiger partial charge on any atom is 0.243 e. The zero-order chi connectivity index (χ0) is 17.7. The molecule has 1 atom stereocenters. The van der Waals surface area contributed by atoms with Gasteiger partial charge in [0.25, 0.3) is 0 Å². The summed E-state index contributed by atoms with van der Waals surface area (Å²) in [7, 11) is -0.160. The van der Waals surface area contributed by atoms with Crippen LogP contribution in [-0.4, -0.2) is 63.8 Å². The van der Waals surface area contributed by atoms with Crippen LogP contribution in [-0.2, 0) is 14.8 Å². The van der Waals surface area contributed by atoms with Crippen LogP contribution in [0.3, 0.4) is 0 Å². The Morgan fingerprint density at radius 2 is 2.00 bits per heavy atom. The third kappa shape index (κ3) is 5.37. The maximum absolute atomic E-state index is 13.0. The van der Waals surface area contributed by atoms with Crippen molar-refractivity contribution < 1.29 is 17.6 Å². The van der Waals surface area contributed by atoms with Crippen LogP contribution in [0.5, 0.6) is 0 Å². The molecule has 1 aromatic rings. The lowest BCUT2D eigenvalue weighted by Gasteiger charge is -2.33. The molecule has 1 saturated heterocycles. The van der Waals surface area contributed by atoms with E-state index in [0.29, 0.717) is 32.5 Å². The van der Waals surface area contributed by atoms with E-state index < -0.39 is 15.8 Å². The summed E-state index contributed by atoms with van der Waals surface area (Å²) in [5.41, 5.74) is 0. The molecule has 1 aliphatic heterocycles. The minimum absolute atomic E-state index is 0. The van der Waals surface area contributed by atoms with Crippen molar-refractivity contribution in [1.82, 2.24) is 14.5 Å². The monoisotopic (exact) mass is 393 g/mol. The van der Waals surface area contributed by atoms with Gasteiger partial charge in [-0.1, -0.05) is 0 Å². The number of amides is 1. The number of sulfonamides is 1. The van der Waals surface area contributed by atoms with Gasteiger partial charge >= 0.3 is 0 Å². The standard InChI is InChI=1S/C16H24FN3O3S.ClH/c1-18-9-11-19(2)16(21)13-4-3-10-20(12-13)24(22,23)15-7-5-14(17)6-8-15;/h5-8,13,18H,3-4,9-12H2,1-2H3;1H. The molecule has 25 heavy (non-hydrogen) atoms. The van der Waals surface area contributed by atoms with Crippen LogP contribution < -0.4 is 5.32 Å². The predicted octanol–water partition coefficient (Wildman–Crippen LogP) is 1.33. The van der Waals surface area contributed by atoms with Crippen LogP contribution in [0.25, 0.3) is 0 Å². The molecule has 142 valence electrons. The fourth-order valence-electron chi connectivity index (χ4n) is 2.82. The van der Waals surface area contributed by atoms with Crippen LogP contribution in [0.15, 0.2) is 29.2 Å². The SMILES string of the molecule is CNCCN(C)C(=O)C1CCCN(S(=O)(=O)c2ccc(F)cc2)C1.Cl. The van der Waals surface area contributed by atoms with Crippen molar-refractivity contribution in [2.45, 2.75) is 17.7 Å². The van der Waals surface area contributed by atoms with Gasteiger partial charge in [0, 0.05) is 33.2 Å². The lowest BCUT2D eigenvalue weighted by Crippen LogP contribution is -2.46. The van der Waals surface area contributed by atoms with E-state index in [4.69, 9.17) is 0 Å². The number of benzene rings is 1. The predicted molar refractivity (Wildman–Crippen MR) is 96.7 cm³/mol. The van der Waals surface area contributed by atoms with E-state index in [2.05, 4.69) is 5.32 Å². The molecule has 1 fully saturated rings. The molecule has 1 N–H and O–H groups in total. The second-order valence-corrected chi connectivity index (χ2v) is 7.96. The first kappa shape index (κ1) is 21.8. The summed E-state index contributed by atoms with van der Waals surface area (Å²) in [6.07, 6.45) is 1.31. The van der Waals surface area contributed by atoms with Gasteiger partial charge in [-0.15, -0.1) is 12.4 Å². The summed E-state index contributed by atoms with van der Waals surface area (Å²) < 4.78 is 39.7. The van der Waals surface area contributed by atoms with E-state index in [-0.39, 0.29) is 35.7 Å². The van der Waals surface area contributed by atoms with Crippen molar-refractivity contribution in [3.05, 3.63) is 30.1 Å². The maximum atomic E-state index is 13.0. The molecule has 1 amide bonds. The van der Waals surface area contributed by atoms with Crippen LogP contribution >= 0.6 is 12.4 Å². The fourth-order valence-corrected chi connectivity index (χ4v) is 4.34. The van der Waals surface area contributed by atoms with Gasteiger partial charge < -0.3 is 10.2 Å². The molecule has 0 radical (unpaired) electrons. The largest absolute Gasteiger partial charge is 0.344 e. The van der Waals surface area contributed by atoms with Gasteiger partial charge in [-0.25, -0.2) is 12.8 Å². The van der Waals surface area contributed by atoms with Crippen molar-refractivity contribution in [3.63, 3.8) is 0 Å². The molecule has 1 aliphatic rings. The van der Waals surface area contributed by atoms with E-state index in [9.17, 15) is 17.6 Å². The molecule has 6 nitrogen and oxygen atoms in total. The number of rotatable bonds is 6. The Morgan fingerprint density at radius 1 is 1.36 bits per heavy atom. The molecule has 1 unspecified atom stereocenters. The first-order valence-corrected chi connectivity index (χ1v) is 9.45. The zero-order valence-corrected chi connectivity index (χ0v) is 16.1. The lowest BCUT2D eigenvalue weighted by molar-refractivity contribution is -0.135. The summed E-state index contributed by atoms with van der Waals surface area (Å²) in [6, 6.07) is 4.78. The normalized spacial score (nSPS) is 18.4. The summed E-state index contributed by atoms with van der Waals surface area (Å²) >= 11 is 0. The molecule has 1 heterocycles. The summed E-state index contributed by atoms with van der Waals surface area (Å²) in [5.74, 6) is -0.855. The molecule has 0 aromatic heterocycles. The summed E-state index contributed by atoms with van der Waals surface area (Å²) in [6.45, 7) is 1.81. The van der Waals surface area contributed by atoms with E-state index >= 15 is 0 Å². The smallest absolute Gasteiger partial charge is 0.243 e. The lowest BCUT2D eigenvalue weighted by atomic mass is 9.98. The highest BCUT2D eigenvalue weighted by molar-refractivity contribution is 7.89. The number of hydrogen-bond acceptors (Lipinski definition) is 4. The Kier molecular flexibility index (Phi) is 8.27. The van der Waals surface area contributed by atoms with E-state index in [1.54, 1.807) is 11.9 Å². The molecule has 9 heteroatoms. The third-order valence-electron chi connectivity index (χ3n) is 4.26. The number of carbonyl (C=O) groups excluding carboxylic acids is 1. The fraction of sp³-hybridized carbons (Fsp3) is 0.562. The number of piperidine rings is 1. The molecular formula is C16H25ClFN3O3S. The van der Waals surface area contributed by atoms with Crippen LogP contribution in [0, 0.1) is 11.7 Å². The van der Waals surface area contributed by atoms with E-state index in [0.717, 1.165) is 12.1 Å². The van der Waals surface area contributed by atoms with Crippen LogP contribution in [0.1, 0.15) is 12.8 Å². The molecular weight excluding hydrogens is 369 g/mol. The van der Waals surface area contributed by atoms with Crippen LogP contribution in [0.2, 0.25) is 0 Å². The highest BCUT2D eigenvalue weighted by atomic mass is 35.5. The van der Waals surface area contributed by atoms with Gasteiger partial charge in [0.1, 0.15) is 5.82 Å². The number of nitrogens with zero attached hydrogens (tertiary/aromatic N) is 2. The Bertz CT molecular complexity index is 670. The Morgan fingerprint density at radius 3 is 2.60 bits per heavy atom. The Balaban J connectivity index is 0.00000312. The second kappa shape index (κ2) is 9.47. The average molecular weight is 394 g/mol. The third-order valence-corrected chi connectivity index (χ3v) is 6.14. The number of carbonyl (C=O) groups is 1. The minimum Gasteiger partial charge on any atom is -0.344 e. The molecule has 0 bridgehead atoms. The van der Waals surface area contributed by atoms with Crippen molar-refractivity contribution in [3.8, 4) is 0 Å². The summed E-state index contributed by atoms with van der Waals surface area (Å²) in [4.78, 5) is 14.2. The topological polar surface area (TPSA) is 69.7 Å². The minimum atomic E-state index is -3.70. The highest BCUT2D eigenvalue weighted by Gasteiger charge is 2.34. The Hall–Kier alpha value is -1.22. The molecule has 2 rings (SSSR count). The van der Waals surface area contributed by atoms with Gasteiger partial charge in [0.05, 0.1) is 10.8 Å². The van der Waals surface area contributed by atoms with Crippen molar-refractivity contribution >= 4 is 28.3 Å². The first-order chi connectivity index (χ1) is 11.4. The molecule has 0 spiro atoms. The van der Waals surface area contributed by atoms with E-state index in [1.807, 2.05) is 7.05 Å². The van der Waals surface area contributed by atoms with Crippen LogP contribution in [0.4, 0.5) is 4.39 Å². The Labute approximate surface area is 154 Å². The number of nitrogens with one attached hydrogen (secondary N) is 1. The molecule has 1 aromatic carbocycles. The van der Waals surface area contributed by atoms with Crippen molar-refractivity contribution in [2.75, 3.05) is 40.3 Å². The van der Waals surface area contributed by atoms with Gasteiger partial charge in [0.2, 0.25) is 15.9 Å². The molecule has 0 saturated carbocycles. The quantitative estimate of drug-likeness (QED) is 0.791. The van der Waals surface area contributed by atoms with Gasteiger partial charge in [-0.05, 0) is 44.2 Å². The number of hydrogen-bond donors (Lipinski definition) is 1. The molecule has 0 aliphatic carbocycles. The number of halogens is 2. The average Bonchev–Trinajstić information content (AvgIpc) is 2.59. The van der Waals surface area contributed by atoms with Crippen molar-refractivity contribution in [1.29, 1.82) is 0 Å². The van der Waals surface area contributed by atoms with Gasteiger partial charge in [0.15, 0.2) is 0 Å². The van der Waals surface area contributed by atoms with Gasteiger partial charge in [-0.2, -0.15) is 4.31 Å².